The number of hydrogen-bond donors (Lipinski definition) is 1. The Morgan fingerprint density at radius 2 is 2.42 bits per heavy atom. The van der Waals surface area contributed by atoms with Crippen LogP contribution in [0.1, 0.15) is 18.9 Å². The summed E-state index contributed by atoms with van der Waals surface area (Å²) in [5.74, 6) is 0.0318. The van der Waals surface area contributed by atoms with E-state index in [1.165, 1.54) is 0 Å². The van der Waals surface area contributed by atoms with Crippen LogP contribution in [-0.4, -0.2) is 10.9 Å². The van der Waals surface area contributed by atoms with Crippen molar-refractivity contribution < 1.29 is 4.79 Å². The molecule has 1 aromatic heterocycles. The predicted molar refractivity (Wildman–Crippen MR) is 47.9 cm³/mol. The molecule has 0 radical (unpaired) electrons. The Labute approximate surface area is 71.8 Å². The molecule has 1 heterocycles. The first kappa shape index (κ1) is 8.71. The number of aryl methyl sites for hydroxylation is 1. The van der Waals surface area contributed by atoms with E-state index in [-0.39, 0.29) is 5.91 Å². The van der Waals surface area contributed by atoms with Crippen LogP contribution in [0.3, 0.4) is 0 Å². The molecule has 0 aliphatic heterocycles. The lowest BCUT2D eigenvalue weighted by atomic mass is 10.2. The van der Waals surface area contributed by atoms with Gasteiger partial charge < -0.3 is 5.32 Å². The van der Waals surface area contributed by atoms with Gasteiger partial charge in [-0.15, -0.1) is 0 Å². The number of rotatable bonds is 2. The molecule has 0 aliphatic rings. The SMILES string of the molecule is CCC(=O)Nc1ccncc1C. The van der Waals surface area contributed by atoms with E-state index < -0.39 is 0 Å². The summed E-state index contributed by atoms with van der Waals surface area (Å²) >= 11 is 0. The highest BCUT2D eigenvalue weighted by atomic mass is 16.1. The van der Waals surface area contributed by atoms with Gasteiger partial charge in [0.1, 0.15) is 0 Å². The lowest BCUT2D eigenvalue weighted by Crippen LogP contribution is -2.10. The van der Waals surface area contributed by atoms with Gasteiger partial charge in [-0.2, -0.15) is 0 Å². The van der Waals surface area contributed by atoms with Crippen molar-refractivity contribution in [2.45, 2.75) is 20.3 Å². The van der Waals surface area contributed by atoms with Crippen LogP contribution in [0.4, 0.5) is 5.69 Å². The van der Waals surface area contributed by atoms with Crippen molar-refractivity contribution in [1.82, 2.24) is 4.98 Å². The molecule has 0 unspecified atom stereocenters. The maximum atomic E-state index is 11.0. The summed E-state index contributed by atoms with van der Waals surface area (Å²) in [5.41, 5.74) is 1.83. The zero-order valence-electron chi connectivity index (χ0n) is 7.29. The van der Waals surface area contributed by atoms with Gasteiger partial charge in [0, 0.05) is 24.5 Å². The summed E-state index contributed by atoms with van der Waals surface area (Å²) in [4.78, 5) is 14.9. The second-order valence-corrected chi connectivity index (χ2v) is 2.59. The van der Waals surface area contributed by atoms with Gasteiger partial charge in [-0.1, -0.05) is 6.92 Å². The van der Waals surface area contributed by atoms with Crippen molar-refractivity contribution in [2.24, 2.45) is 0 Å². The van der Waals surface area contributed by atoms with Crippen LogP contribution in [0, 0.1) is 6.92 Å². The molecule has 12 heavy (non-hydrogen) atoms. The van der Waals surface area contributed by atoms with Crippen molar-refractivity contribution >= 4 is 11.6 Å². The molecule has 3 heteroatoms. The molecule has 0 fully saturated rings. The summed E-state index contributed by atoms with van der Waals surface area (Å²) in [6.45, 7) is 3.74. The van der Waals surface area contributed by atoms with Crippen LogP contribution in [0.2, 0.25) is 0 Å². The third kappa shape index (κ3) is 2.05. The second-order valence-electron chi connectivity index (χ2n) is 2.59. The Kier molecular flexibility index (Phi) is 2.80. The number of anilines is 1. The molecule has 1 aromatic rings. The minimum Gasteiger partial charge on any atom is -0.326 e. The molecule has 0 saturated carbocycles. The molecule has 0 bridgehead atoms. The monoisotopic (exact) mass is 164 g/mol. The van der Waals surface area contributed by atoms with Crippen LogP contribution in [0.5, 0.6) is 0 Å². The molecule has 1 rings (SSSR count). The van der Waals surface area contributed by atoms with Gasteiger partial charge in [0.05, 0.1) is 0 Å². The normalized spacial score (nSPS) is 9.50. The molecule has 0 aliphatic carbocycles. The number of carbonyl (C=O) groups is 1. The molecule has 0 spiro atoms. The maximum Gasteiger partial charge on any atom is 0.224 e. The molecule has 3 nitrogen and oxygen atoms in total. The number of nitrogens with zero attached hydrogens (tertiary/aromatic N) is 1. The fourth-order valence-corrected chi connectivity index (χ4v) is 0.852. The van der Waals surface area contributed by atoms with Gasteiger partial charge in [-0.25, -0.2) is 0 Å². The minimum absolute atomic E-state index is 0.0318. The Morgan fingerprint density at radius 1 is 1.67 bits per heavy atom. The highest BCUT2D eigenvalue weighted by Crippen LogP contribution is 2.11. The van der Waals surface area contributed by atoms with E-state index >= 15 is 0 Å². The maximum absolute atomic E-state index is 11.0. The molecule has 64 valence electrons. The topological polar surface area (TPSA) is 42.0 Å². The summed E-state index contributed by atoms with van der Waals surface area (Å²) in [7, 11) is 0. The zero-order valence-corrected chi connectivity index (χ0v) is 7.29. The lowest BCUT2D eigenvalue weighted by molar-refractivity contribution is -0.115. The molecule has 0 atom stereocenters. The number of pyridine rings is 1. The van der Waals surface area contributed by atoms with E-state index in [2.05, 4.69) is 10.3 Å². The van der Waals surface area contributed by atoms with Crippen LogP contribution in [-0.2, 0) is 4.79 Å². The minimum atomic E-state index is 0.0318. The van der Waals surface area contributed by atoms with E-state index in [9.17, 15) is 4.79 Å². The Morgan fingerprint density at radius 3 is 3.00 bits per heavy atom. The van der Waals surface area contributed by atoms with Crippen molar-refractivity contribution in [3.05, 3.63) is 24.0 Å². The zero-order chi connectivity index (χ0) is 8.97. The van der Waals surface area contributed by atoms with E-state index in [1.807, 2.05) is 13.8 Å². The van der Waals surface area contributed by atoms with Gasteiger partial charge >= 0.3 is 0 Å². The fourth-order valence-electron chi connectivity index (χ4n) is 0.852. The average Bonchev–Trinajstić information content (AvgIpc) is 2.09. The number of aromatic nitrogens is 1. The summed E-state index contributed by atoms with van der Waals surface area (Å²) < 4.78 is 0. The summed E-state index contributed by atoms with van der Waals surface area (Å²) in [6, 6.07) is 1.79. The van der Waals surface area contributed by atoms with Gasteiger partial charge in [0.15, 0.2) is 0 Å². The van der Waals surface area contributed by atoms with Gasteiger partial charge in [0.25, 0.3) is 0 Å². The van der Waals surface area contributed by atoms with E-state index in [1.54, 1.807) is 18.5 Å². The highest BCUT2D eigenvalue weighted by Gasteiger charge is 2.00. The fraction of sp³-hybridized carbons (Fsp3) is 0.333. The quantitative estimate of drug-likeness (QED) is 0.723. The van der Waals surface area contributed by atoms with Gasteiger partial charge in [0.2, 0.25) is 5.91 Å². The molecule has 0 aromatic carbocycles. The third-order valence-electron chi connectivity index (χ3n) is 1.62. The van der Waals surface area contributed by atoms with Crippen molar-refractivity contribution in [3.8, 4) is 0 Å². The first-order valence-electron chi connectivity index (χ1n) is 3.94. The van der Waals surface area contributed by atoms with Crippen LogP contribution in [0.15, 0.2) is 18.5 Å². The largest absolute Gasteiger partial charge is 0.326 e. The van der Waals surface area contributed by atoms with Crippen LogP contribution >= 0.6 is 0 Å². The standard InChI is InChI=1S/C9H12N2O/c1-3-9(12)11-8-4-5-10-6-7(8)2/h4-6H,3H2,1-2H3,(H,10,11,12). The lowest BCUT2D eigenvalue weighted by Gasteiger charge is -2.05. The number of hydrogen-bond acceptors (Lipinski definition) is 2. The number of carbonyl (C=O) groups excluding carboxylic acids is 1. The molecule has 0 saturated heterocycles. The first-order chi connectivity index (χ1) is 5.74. The van der Waals surface area contributed by atoms with Crippen molar-refractivity contribution in [1.29, 1.82) is 0 Å². The Balaban J connectivity index is 2.75. The van der Waals surface area contributed by atoms with E-state index in [0.717, 1.165) is 11.3 Å². The molecular formula is C9H12N2O. The summed E-state index contributed by atoms with van der Waals surface area (Å²) in [5, 5.41) is 2.78. The van der Waals surface area contributed by atoms with Crippen LogP contribution in [0.25, 0.3) is 0 Å². The van der Waals surface area contributed by atoms with Crippen LogP contribution < -0.4 is 5.32 Å². The number of amides is 1. The Bertz CT molecular complexity index is 284. The van der Waals surface area contributed by atoms with Crippen molar-refractivity contribution in [3.63, 3.8) is 0 Å². The average molecular weight is 164 g/mol. The van der Waals surface area contributed by atoms with E-state index in [4.69, 9.17) is 0 Å². The third-order valence-corrected chi connectivity index (χ3v) is 1.62. The predicted octanol–water partition coefficient (Wildman–Crippen LogP) is 1.74. The number of nitrogens with one attached hydrogen (secondary N) is 1. The van der Waals surface area contributed by atoms with Gasteiger partial charge in [-0.05, 0) is 18.6 Å². The van der Waals surface area contributed by atoms with Gasteiger partial charge in [-0.3, -0.25) is 9.78 Å². The molecule has 1 N–H and O–H groups in total. The summed E-state index contributed by atoms with van der Waals surface area (Å²) in [6.07, 6.45) is 3.89. The van der Waals surface area contributed by atoms with E-state index in [0.29, 0.717) is 6.42 Å². The first-order valence-corrected chi connectivity index (χ1v) is 3.94. The second kappa shape index (κ2) is 3.85. The molecule has 1 amide bonds. The Hall–Kier alpha value is -1.38. The van der Waals surface area contributed by atoms with Crippen molar-refractivity contribution in [2.75, 3.05) is 5.32 Å². The highest BCUT2D eigenvalue weighted by molar-refractivity contribution is 5.91. The smallest absolute Gasteiger partial charge is 0.224 e. The molecular weight excluding hydrogens is 152 g/mol.